The summed E-state index contributed by atoms with van der Waals surface area (Å²) in [6.07, 6.45) is 3.19. The highest BCUT2D eigenvalue weighted by Crippen LogP contribution is 2.32. The van der Waals surface area contributed by atoms with Crippen molar-refractivity contribution in [1.29, 1.82) is 0 Å². The van der Waals surface area contributed by atoms with Gasteiger partial charge in [0.05, 0.1) is 0 Å². The molecule has 0 saturated heterocycles. The molecule has 1 fully saturated rings. The van der Waals surface area contributed by atoms with E-state index in [0.717, 1.165) is 12.3 Å². The molecule has 0 spiro atoms. The molecule has 3 heteroatoms. The Labute approximate surface area is 101 Å². The molecule has 0 bridgehead atoms. The van der Waals surface area contributed by atoms with Gasteiger partial charge in [0, 0.05) is 12.2 Å². The summed E-state index contributed by atoms with van der Waals surface area (Å²) in [5, 5.41) is 0. The largest absolute Gasteiger partial charge is 0.370 e. The van der Waals surface area contributed by atoms with Crippen LogP contribution in [0, 0.1) is 11.7 Å². The zero-order valence-corrected chi connectivity index (χ0v) is 9.99. The maximum Gasteiger partial charge on any atom is 0.191 e. The Hall–Kier alpha value is -1.22. The molecule has 0 heterocycles. The maximum atomic E-state index is 12.7. The molecule has 0 aromatic heterocycles. The van der Waals surface area contributed by atoms with Gasteiger partial charge in [-0.15, -0.1) is 0 Å². The molecule has 1 aromatic rings. The Balaban J connectivity index is 1.82. The summed E-state index contributed by atoms with van der Waals surface area (Å²) in [5.74, 6) is 0.396. The number of hydrogen-bond acceptors (Lipinski definition) is 2. The van der Waals surface area contributed by atoms with Crippen LogP contribution >= 0.6 is 0 Å². The minimum Gasteiger partial charge on any atom is -0.370 e. The van der Waals surface area contributed by atoms with Crippen molar-refractivity contribution in [2.75, 3.05) is 6.61 Å². The van der Waals surface area contributed by atoms with Crippen molar-refractivity contribution in [3.63, 3.8) is 0 Å². The monoisotopic (exact) mass is 236 g/mol. The van der Waals surface area contributed by atoms with E-state index >= 15 is 0 Å². The van der Waals surface area contributed by atoms with Crippen molar-refractivity contribution < 1.29 is 13.9 Å². The van der Waals surface area contributed by atoms with E-state index in [9.17, 15) is 9.18 Å². The van der Waals surface area contributed by atoms with Gasteiger partial charge in [0.25, 0.3) is 0 Å². The van der Waals surface area contributed by atoms with Crippen LogP contribution in [-0.2, 0) is 4.74 Å². The number of carbonyl (C=O) groups is 1. The van der Waals surface area contributed by atoms with Gasteiger partial charge >= 0.3 is 0 Å². The predicted molar refractivity (Wildman–Crippen MR) is 63.5 cm³/mol. The standard InChI is InChI=1S/C14H17FO2/c1-10(17-9-8-11-2-3-11)14(16)12-4-6-13(15)7-5-12/h4-7,10-11H,2-3,8-9H2,1H3. The van der Waals surface area contributed by atoms with E-state index in [4.69, 9.17) is 4.74 Å². The number of ketones is 1. The van der Waals surface area contributed by atoms with E-state index in [1.807, 2.05) is 0 Å². The molecular formula is C14H17FO2. The van der Waals surface area contributed by atoms with Crippen molar-refractivity contribution in [3.8, 4) is 0 Å². The minimum absolute atomic E-state index is 0.0826. The van der Waals surface area contributed by atoms with Crippen LogP contribution in [0.1, 0.15) is 36.5 Å². The Morgan fingerprint density at radius 1 is 1.41 bits per heavy atom. The molecule has 1 aromatic carbocycles. The van der Waals surface area contributed by atoms with Crippen molar-refractivity contribution >= 4 is 5.78 Å². The van der Waals surface area contributed by atoms with E-state index in [1.54, 1.807) is 6.92 Å². The number of rotatable bonds is 6. The normalized spacial score (nSPS) is 16.8. The van der Waals surface area contributed by atoms with E-state index in [1.165, 1.54) is 37.1 Å². The average Bonchev–Trinajstić information content (AvgIpc) is 3.13. The van der Waals surface area contributed by atoms with E-state index < -0.39 is 6.10 Å². The zero-order valence-electron chi connectivity index (χ0n) is 9.99. The molecule has 1 aliphatic carbocycles. The van der Waals surface area contributed by atoms with Crippen LogP contribution < -0.4 is 0 Å². The van der Waals surface area contributed by atoms with Gasteiger partial charge in [0.15, 0.2) is 5.78 Å². The van der Waals surface area contributed by atoms with Gasteiger partial charge in [-0.05, 0) is 43.5 Å². The van der Waals surface area contributed by atoms with Crippen LogP contribution in [0.25, 0.3) is 0 Å². The molecule has 1 unspecified atom stereocenters. The third-order valence-corrected chi connectivity index (χ3v) is 3.09. The smallest absolute Gasteiger partial charge is 0.191 e. The second-order valence-corrected chi connectivity index (χ2v) is 4.62. The number of benzene rings is 1. The fourth-order valence-electron chi connectivity index (χ4n) is 1.74. The second-order valence-electron chi connectivity index (χ2n) is 4.62. The van der Waals surface area contributed by atoms with Crippen molar-refractivity contribution in [2.45, 2.75) is 32.3 Å². The number of Topliss-reactive ketones (excluding diaryl/α,β-unsaturated/α-hetero) is 1. The van der Waals surface area contributed by atoms with Gasteiger partial charge in [0.1, 0.15) is 11.9 Å². The lowest BCUT2D eigenvalue weighted by Gasteiger charge is -2.11. The first-order chi connectivity index (χ1) is 8.16. The van der Waals surface area contributed by atoms with Gasteiger partial charge in [-0.25, -0.2) is 4.39 Å². The van der Waals surface area contributed by atoms with Gasteiger partial charge < -0.3 is 4.74 Å². The molecule has 0 radical (unpaired) electrons. The number of hydrogen-bond donors (Lipinski definition) is 0. The molecule has 2 rings (SSSR count). The molecule has 0 N–H and O–H groups in total. The highest BCUT2D eigenvalue weighted by molar-refractivity contribution is 5.99. The Kier molecular flexibility index (Phi) is 3.89. The van der Waals surface area contributed by atoms with Crippen molar-refractivity contribution in [1.82, 2.24) is 0 Å². The third kappa shape index (κ3) is 3.63. The van der Waals surface area contributed by atoms with Crippen molar-refractivity contribution in [3.05, 3.63) is 35.6 Å². The van der Waals surface area contributed by atoms with E-state index in [0.29, 0.717) is 12.2 Å². The summed E-state index contributed by atoms with van der Waals surface area (Å²) >= 11 is 0. The molecule has 0 amide bonds. The Bertz CT molecular complexity index is 382. The fourth-order valence-corrected chi connectivity index (χ4v) is 1.74. The molecule has 1 saturated carbocycles. The molecule has 0 aliphatic heterocycles. The molecule has 2 nitrogen and oxygen atoms in total. The summed E-state index contributed by atoms with van der Waals surface area (Å²) in [4.78, 5) is 11.9. The highest BCUT2D eigenvalue weighted by Gasteiger charge is 2.22. The van der Waals surface area contributed by atoms with Crippen LogP contribution in [0.5, 0.6) is 0 Å². The van der Waals surface area contributed by atoms with E-state index in [2.05, 4.69) is 0 Å². The first-order valence-corrected chi connectivity index (χ1v) is 6.08. The van der Waals surface area contributed by atoms with Crippen LogP contribution in [0.3, 0.4) is 0 Å². The predicted octanol–water partition coefficient (Wildman–Crippen LogP) is 3.21. The van der Waals surface area contributed by atoms with Crippen LogP contribution in [-0.4, -0.2) is 18.5 Å². The van der Waals surface area contributed by atoms with E-state index in [-0.39, 0.29) is 11.6 Å². The van der Waals surface area contributed by atoms with Gasteiger partial charge in [-0.2, -0.15) is 0 Å². The zero-order chi connectivity index (χ0) is 12.3. The van der Waals surface area contributed by atoms with Crippen LogP contribution in [0.4, 0.5) is 4.39 Å². The molecule has 92 valence electrons. The van der Waals surface area contributed by atoms with Gasteiger partial charge in [-0.3, -0.25) is 4.79 Å². The molecule has 1 atom stereocenters. The van der Waals surface area contributed by atoms with Gasteiger partial charge in [0.2, 0.25) is 0 Å². The van der Waals surface area contributed by atoms with Gasteiger partial charge in [-0.1, -0.05) is 12.8 Å². The topological polar surface area (TPSA) is 26.3 Å². The Morgan fingerprint density at radius 2 is 2.06 bits per heavy atom. The lowest BCUT2D eigenvalue weighted by atomic mass is 10.1. The maximum absolute atomic E-state index is 12.7. The average molecular weight is 236 g/mol. The van der Waals surface area contributed by atoms with Crippen LogP contribution in [0.15, 0.2) is 24.3 Å². The minimum atomic E-state index is -0.445. The van der Waals surface area contributed by atoms with Crippen molar-refractivity contribution in [2.24, 2.45) is 5.92 Å². The second kappa shape index (κ2) is 5.41. The molecule has 17 heavy (non-hydrogen) atoms. The lowest BCUT2D eigenvalue weighted by molar-refractivity contribution is 0.0457. The number of halogens is 1. The first-order valence-electron chi connectivity index (χ1n) is 6.08. The summed E-state index contributed by atoms with van der Waals surface area (Å²) in [7, 11) is 0. The summed E-state index contributed by atoms with van der Waals surface area (Å²) in [6, 6.07) is 5.59. The SMILES string of the molecule is CC(OCCC1CC1)C(=O)c1ccc(F)cc1. The lowest BCUT2D eigenvalue weighted by Crippen LogP contribution is -2.21. The molecular weight excluding hydrogens is 219 g/mol. The summed E-state index contributed by atoms with van der Waals surface area (Å²) in [5.41, 5.74) is 0.505. The quantitative estimate of drug-likeness (QED) is 0.709. The number of carbonyl (C=O) groups excluding carboxylic acids is 1. The highest BCUT2D eigenvalue weighted by atomic mass is 19.1. The first kappa shape index (κ1) is 12.2. The Morgan fingerprint density at radius 3 is 2.65 bits per heavy atom. The van der Waals surface area contributed by atoms with Crippen LogP contribution in [0.2, 0.25) is 0 Å². The summed E-state index contributed by atoms with van der Waals surface area (Å²) in [6.45, 7) is 2.39. The third-order valence-electron chi connectivity index (χ3n) is 3.09. The molecule has 1 aliphatic rings. The summed E-state index contributed by atoms with van der Waals surface area (Å²) < 4.78 is 18.2. The number of ether oxygens (including phenoxy) is 1. The fraction of sp³-hybridized carbons (Fsp3) is 0.500.